The van der Waals surface area contributed by atoms with Gasteiger partial charge in [0.05, 0.1) is 18.2 Å². The molecule has 1 aliphatic heterocycles. The zero-order valence-electron chi connectivity index (χ0n) is 10.6. The Morgan fingerprint density at radius 1 is 1.39 bits per heavy atom. The van der Waals surface area contributed by atoms with Crippen LogP contribution in [0.3, 0.4) is 0 Å². The first-order chi connectivity index (χ1) is 8.81. The minimum atomic E-state index is 0.104. The molecule has 0 aliphatic carbocycles. The van der Waals surface area contributed by atoms with E-state index in [2.05, 4.69) is 47.3 Å². The van der Waals surface area contributed by atoms with Gasteiger partial charge >= 0.3 is 0 Å². The van der Waals surface area contributed by atoms with Crippen molar-refractivity contribution in [2.45, 2.75) is 12.5 Å². The van der Waals surface area contributed by atoms with Crippen molar-refractivity contribution in [3.8, 4) is 0 Å². The number of H-pyrrole nitrogens is 1. The maximum absolute atomic E-state index is 9.62. The number of nitrogens with zero attached hydrogens (tertiary/aromatic N) is 1. The monoisotopic (exact) mass is 242 g/mol. The van der Waals surface area contributed by atoms with E-state index in [4.69, 9.17) is 0 Å². The summed E-state index contributed by atoms with van der Waals surface area (Å²) < 4.78 is 0. The molecule has 1 unspecified atom stereocenters. The van der Waals surface area contributed by atoms with Crippen molar-refractivity contribution in [1.29, 1.82) is 0 Å². The fraction of sp³-hybridized carbons (Fsp3) is 0.333. The van der Waals surface area contributed by atoms with Crippen LogP contribution in [0, 0.1) is 0 Å². The first-order valence-corrected chi connectivity index (χ1v) is 6.39. The maximum Gasteiger partial charge on any atom is 0.0628 e. The van der Waals surface area contributed by atoms with E-state index in [0.717, 1.165) is 18.5 Å². The van der Waals surface area contributed by atoms with E-state index in [1.165, 1.54) is 16.5 Å². The number of aromatic amines is 1. The number of benzene rings is 1. The third-order valence-corrected chi connectivity index (χ3v) is 3.81. The number of nitrogens with one attached hydrogen (secondary N) is 1. The number of aliphatic hydroxyl groups is 1. The highest BCUT2D eigenvalue weighted by molar-refractivity contribution is 5.92. The van der Waals surface area contributed by atoms with Crippen molar-refractivity contribution >= 4 is 16.5 Å². The Hall–Kier alpha value is -1.58. The summed E-state index contributed by atoms with van der Waals surface area (Å²) in [6, 6.07) is 8.51. The smallest absolute Gasteiger partial charge is 0.0628 e. The second-order valence-corrected chi connectivity index (χ2v) is 4.87. The molecule has 3 heteroatoms. The molecule has 18 heavy (non-hydrogen) atoms. The molecule has 3 nitrogen and oxygen atoms in total. The van der Waals surface area contributed by atoms with Gasteiger partial charge < -0.3 is 10.1 Å². The van der Waals surface area contributed by atoms with Crippen molar-refractivity contribution in [3.63, 3.8) is 0 Å². The molecule has 1 aromatic carbocycles. The molecule has 0 radical (unpaired) electrons. The largest absolute Gasteiger partial charge is 0.394 e. The third kappa shape index (κ3) is 1.76. The molecule has 0 amide bonds. The highest BCUT2D eigenvalue weighted by atomic mass is 16.3. The lowest BCUT2D eigenvalue weighted by atomic mass is 9.92. The normalized spacial score (nSPS) is 21.2. The van der Waals surface area contributed by atoms with E-state index < -0.39 is 0 Å². The predicted molar refractivity (Wildman–Crippen MR) is 74.4 cm³/mol. The van der Waals surface area contributed by atoms with Gasteiger partial charge in [-0.15, -0.1) is 0 Å². The van der Waals surface area contributed by atoms with Gasteiger partial charge in [0.1, 0.15) is 0 Å². The summed E-state index contributed by atoms with van der Waals surface area (Å²) in [7, 11) is 2.07. The number of para-hydroxylation sites is 1. The predicted octanol–water partition coefficient (Wildman–Crippen LogP) is 2.25. The number of rotatable bonds is 2. The van der Waals surface area contributed by atoms with Crippen molar-refractivity contribution in [2.24, 2.45) is 0 Å². The molecule has 94 valence electrons. The number of aromatic nitrogens is 1. The van der Waals surface area contributed by atoms with E-state index in [9.17, 15) is 5.11 Å². The van der Waals surface area contributed by atoms with Gasteiger partial charge in [-0.05, 0) is 30.5 Å². The van der Waals surface area contributed by atoms with Crippen molar-refractivity contribution in [2.75, 3.05) is 20.2 Å². The molecule has 2 heterocycles. The standard InChI is InChI=1S/C15H18N2O/c1-17-9-3-6-12(14(17)10-18)13-5-2-4-11-7-8-16-15(11)13/h2,4-8,14,16,18H,3,9-10H2,1H3. The van der Waals surface area contributed by atoms with E-state index in [1.807, 2.05) is 6.20 Å². The Labute approximate surface area is 107 Å². The second-order valence-electron chi connectivity index (χ2n) is 4.87. The van der Waals surface area contributed by atoms with Crippen LogP contribution in [-0.4, -0.2) is 41.2 Å². The first kappa shape index (κ1) is 11.5. The zero-order valence-corrected chi connectivity index (χ0v) is 10.6. The van der Waals surface area contributed by atoms with Crippen LogP contribution < -0.4 is 0 Å². The number of likely N-dealkylation sites (N-methyl/N-ethyl adjacent to an activating group) is 1. The van der Waals surface area contributed by atoms with Gasteiger partial charge in [-0.25, -0.2) is 0 Å². The lowest BCUT2D eigenvalue weighted by molar-refractivity contribution is 0.179. The third-order valence-electron chi connectivity index (χ3n) is 3.81. The number of hydrogen-bond donors (Lipinski definition) is 2. The number of aliphatic hydroxyl groups excluding tert-OH is 1. The van der Waals surface area contributed by atoms with Gasteiger partial charge in [0.15, 0.2) is 0 Å². The molecule has 0 saturated heterocycles. The van der Waals surface area contributed by atoms with Gasteiger partial charge in [-0.2, -0.15) is 0 Å². The summed E-state index contributed by atoms with van der Waals surface area (Å²) in [4.78, 5) is 5.52. The van der Waals surface area contributed by atoms with Crippen LogP contribution in [0.15, 0.2) is 36.5 Å². The molecular weight excluding hydrogens is 224 g/mol. The van der Waals surface area contributed by atoms with E-state index in [0.29, 0.717) is 0 Å². The minimum Gasteiger partial charge on any atom is -0.394 e. The van der Waals surface area contributed by atoms with Crippen LogP contribution >= 0.6 is 0 Å². The van der Waals surface area contributed by atoms with E-state index >= 15 is 0 Å². The van der Waals surface area contributed by atoms with Crippen LogP contribution in [0.1, 0.15) is 12.0 Å². The first-order valence-electron chi connectivity index (χ1n) is 6.39. The van der Waals surface area contributed by atoms with Crippen molar-refractivity contribution in [3.05, 3.63) is 42.1 Å². The summed E-state index contributed by atoms with van der Waals surface area (Å²) in [5, 5.41) is 10.8. The Bertz CT molecular complexity index is 585. The lowest BCUT2D eigenvalue weighted by Crippen LogP contribution is -2.38. The highest BCUT2D eigenvalue weighted by Gasteiger charge is 2.24. The molecule has 0 spiro atoms. The highest BCUT2D eigenvalue weighted by Crippen LogP contribution is 2.30. The Kier molecular flexibility index (Phi) is 2.94. The number of hydrogen-bond acceptors (Lipinski definition) is 2. The molecule has 1 atom stereocenters. The summed E-state index contributed by atoms with van der Waals surface area (Å²) in [5.74, 6) is 0. The molecule has 1 aromatic heterocycles. The average Bonchev–Trinajstić information content (AvgIpc) is 2.86. The van der Waals surface area contributed by atoms with Gasteiger partial charge in [-0.3, -0.25) is 4.90 Å². The fourth-order valence-electron chi connectivity index (χ4n) is 2.81. The molecule has 3 rings (SSSR count). The maximum atomic E-state index is 9.62. The lowest BCUT2D eigenvalue weighted by Gasteiger charge is -2.32. The van der Waals surface area contributed by atoms with Gasteiger partial charge in [0, 0.05) is 18.3 Å². The zero-order chi connectivity index (χ0) is 12.5. The van der Waals surface area contributed by atoms with E-state index in [1.54, 1.807) is 0 Å². The van der Waals surface area contributed by atoms with Crippen LogP contribution in [0.5, 0.6) is 0 Å². The van der Waals surface area contributed by atoms with Gasteiger partial charge in [-0.1, -0.05) is 24.3 Å². The number of fused-ring (bicyclic) bond motifs is 1. The topological polar surface area (TPSA) is 39.3 Å². The SMILES string of the molecule is CN1CCC=C(c2cccc3cc[nH]c23)C1CO. The Morgan fingerprint density at radius 2 is 2.28 bits per heavy atom. The summed E-state index contributed by atoms with van der Waals surface area (Å²) in [6.45, 7) is 1.18. The summed E-state index contributed by atoms with van der Waals surface area (Å²) >= 11 is 0. The van der Waals surface area contributed by atoms with Crippen molar-refractivity contribution < 1.29 is 5.11 Å². The minimum absolute atomic E-state index is 0.104. The average molecular weight is 242 g/mol. The molecule has 0 bridgehead atoms. The Morgan fingerprint density at radius 3 is 3.11 bits per heavy atom. The van der Waals surface area contributed by atoms with Gasteiger partial charge in [0.2, 0.25) is 0 Å². The molecule has 2 aromatic rings. The van der Waals surface area contributed by atoms with E-state index in [-0.39, 0.29) is 12.6 Å². The molecule has 2 N–H and O–H groups in total. The van der Waals surface area contributed by atoms with Gasteiger partial charge in [0.25, 0.3) is 0 Å². The summed E-state index contributed by atoms with van der Waals surface area (Å²) in [5.41, 5.74) is 3.61. The fourth-order valence-corrected chi connectivity index (χ4v) is 2.81. The molecule has 0 fully saturated rings. The Balaban J connectivity index is 2.13. The van der Waals surface area contributed by atoms with Crippen LogP contribution in [-0.2, 0) is 0 Å². The molecule has 0 saturated carbocycles. The summed E-state index contributed by atoms with van der Waals surface area (Å²) in [6.07, 6.45) is 5.27. The van der Waals surface area contributed by atoms with Crippen LogP contribution in [0.4, 0.5) is 0 Å². The molecular formula is C15H18N2O. The molecule has 1 aliphatic rings. The van der Waals surface area contributed by atoms with Crippen LogP contribution in [0.25, 0.3) is 16.5 Å². The van der Waals surface area contributed by atoms with Crippen molar-refractivity contribution in [1.82, 2.24) is 9.88 Å². The second kappa shape index (κ2) is 4.59. The quantitative estimate of drug-likeness (QED) is 0.848. The van der Waals surface area contributed by atoms with Crippen LogP contribution in [0.2, 0.25) is 0 Å².